The maximum Gasteiger partial charge on any atom is 0.417 e. The molecule has 0 bridgehead atoms. The van der Waals surface area contributed by atoms with Crippen molar-refractivity contribution >= 4 is 11.9 Å². The summed E-state index contributed by atoms with van der Waals surface area (Å²) in [7, 11) is 0. The van der Waals surface area contributed by atoms with E-state index in [1.165, 1.54) is 0 Å². The van der Waals surface area contributed by atoms with Gasteiger partial charge in [-0.1, -0.05) is 0 Å². The number of carbonyl (C=O) groups excluding carboxylic acids is 2. The molecule has 31 heavy (non-hydrogen) atoms. The number of hydrogen-bond donors (Lipinski definition) is 1. The number of esters is 1. The molecule has 0 fully saturated rings. The summed E-state index contributed by atoms with van der Waals surface area (Å²) in [6.07, 6.45) is -4.14. The summed E-state index contributed by atoms with van der Waals surface area (Å²) >= 11 is 0. The van der Waals surface area contributed by atoms with Gasteiger partial charge in [-0.25, -0.2) is 0 Å². The first-order valence-corrected chi connectivity index (χ1v) is 9.24. The quantitative estimate of drug-likeness (QED) is 0.447. The van der Waals surface area contributed by atoms with Crippen molar-refractivity contribution in [3.63, 3.8) is 0 Å². The van der Waals surface area contributed by atoms with Gasteiger partial charge in [-0.2, -0.15) is 13.2 Å². The Kier molecular flexibility index (Phi) is 8.47. The lowest BCUT2D eigenvalue weighted by Gasteiger charge is -2.11. The third kappa shape index (κ3) is 8.03. The van der Waals surface area contributed by atoms with Crippen LogP contribution in [0.1, 0.15) is 12.5 Å². The van der Waals surface area contributed by atoms with E-state index in [0.29, 0.717) is 41.0 Å². The molecule has 1 N–H and O–H groups in total. The van der Waals surface area contributed by atoms with E-state index in [0.717, 1.165) is 0 Å². The molecule has 1 heterocycles. The largest absolute Gasteiger partial charge is 0.494 e. The van der Waals surface area contributed by atoms with E-state index in [4.69, 9.17) is 14.2 Å². The Bertz CT molecular complexity index is 941. The number of amides is 1. The Hall–Kier alpha value is -3.50. The molecule has 1 aromatic carbocycles. The van der Waals surface area contributed by atoms with Crippen molar-refractivity contribution in [2.75, 3.05) is 26.4 Å². The van der Waals surface area contributed by atoms with Crippen LogP contribution in [0, 0.1) is 0 Å². The predicted molar refractivity (Wildman–Crippen MR) is 103 cm³/mol. The van der Waals surface area contributed by atoms with Gasteiger partial charge in [0, 0.05) is 12.3 Å². The molecule has 1 aromatic heterocycles. The van der Waals surface area contributed by atoms with Crippen LogP contribution in [0.4, 0.5) is 13.2 Å². The highest BCUT2D eigenvalue weighted by atomic mass is 19.4. The van der Waals surface area contributed by atoms with Crippen molar-refractivity contribution in [1.82, 2.24) is 9.88 Å². The number of hydrogen-bond acceptors (Lipinski definition) is 6. The number of aromatic nitrogens is 1. The minimum Gasteiger partial charge on any atom is -0.494 e. The smallest absolute Gasteiger partial charge is 0.417 e. The lowest BCUT2D eigenvalue weighted by Crippen LogP contribution is -2.33. The zero-order chi connectivity index (χ0) is 22.9. The fourth-order valence-electron chi connectivity index (χ4n) is 2.36. The van der Waals surface area contributed by atoms with E-state index in [1.807, 2.05) is 6.92 Å². The topological polar surface area (TPSA) is 95.9 Å². The maximum absolute atomic E-state index is 12.7. The molecule has 0 aliphatic heterocycles. The van der Waals surface area contributed by atoms with E-state index in [2.05, 4.69) is 5.32 Å². The van der Waals surface area contributed by atoms with Gasteiger partial charge in [0.25, 0.3) is 11.5 Å². The summed E-state index contributed by atoms with van der Waals surface area (Å²) < 4.78 is 54.1. The molecule has 2 rings (SSSR count). The van der Waals surface area contributed by atoms with Crippen LogP contribution in [-0.2, 0) is 27.0 Å². The van der Waals surface area contributed by atoms with Gasteiger partial charge in [0.15, 0.2) is 6.61 Å². The van der Waals surface area contributed by atoms with E-state index in [1.54, 1.807) is 24.3 Å². The van der Waals surface area contributed by atoms with Gasteiger partial charge in [-0.05, 0) is 37.3 Å². The van der Waals surface area contributed by atoms with Crippen molar-refractivity contribution in [2.45, 2.75) is 19.6 Å². The van der Waals surface area contributed by atoms with Crippen LogP contribution in [0.5, 0.6) is 11.5 Å². The van der Waals surface area contributed by atoms with Crippen LogP contribution in [0.2, 0.25) is 0 Å². The molecule has 168 valence electrons. The van der Waals surface area contributed by atoms with Crippen molar-refractivity contribution in [3.8, 4) is 11.5 Å². The zero-order valence-corrected chi connectivity index (χ0v) is 16.6. The minimum atomic E-state index is -4.66. The number of ether oxygens (including phenoxy) is 3. The molecule has 0 saturated carbocycles. The summed E-state index contributed by atoms with van der Waals surface area (Å²) in [5.41, 5.74) is -1.88. The molecular weight excluding hydrogens is 421 g/mol. The summed E-state index contributed by atoms with van der Waals surface area (Å²) in [6.45, 7) is 1.32. The van der Waals surface area contributed by atoms with Gasteiger partial charge in [0.1, 0.15) is 24.7 Å². The summed E-state index contributed by atoms with van der Waals surface area (Å²) in [6, 6.07) is 8.23. The van der Waals surface area contributed by atoms with Crippen LogP contribution >= 0.6 is 0 Å². The van der Waals surface area contributed by atoms with E-state index in [-0.39, 0.29) is 13.2 Å². The van der Waals surface area contributed by atoms with Crippen LogP contribution in [0.25, 0.3) is 0 Å². The summed E-state index contributed by atoms with van der Waals surface area (Å²) in [5.74, 6) is -0.365. The molecule has 11 heteroatoms. The highest BCUT2D eigenvalue weighted by molar-refractivity contribution is 5.80. The fraction of sp³-hybridized carbons (Fsp3) is 0.350. The average molecular weight is 442 g/mol. The number of halogens is 3. The van der Waals surface area contributed by atoms with Gasteiger partial charge in [-0.15, -0.1) is 0 Å². The van der Waals surface area contributed by atoms with Gasteiger partial charge in [0.05, 0.1) is 18.7 Å². The third-order valence-electron chi connectivity index (χ3n) is 3.80. The lowest BCUT2D eigenvalue weighted by molar-refractivity contribution is -0.149. The average Bonchev–Trinajstić information content (AvgIpc) is 2.72. The molecule has 0 aliphatic rings. The molecule has 0 saturated heterocycles. The number of benzene rings is 1. The second kappa shape index (κ2) is 11.0. The number of pyridine rings is 1. The van der Waals surface area contributed by atoms with Gasteiger partial charge in [0.2, 0.25) is 0 Å². The number of nitrogens with one attached hydrogen (secondary N) is 1. The molecule has 8 nitrogen and oxygen atoms in total. The number of nitrogens with zero attached hydrogens (tertiary/aromatic N) is 1. The molecule has 2 aromatic rings. The van der Waals surface area contributed by atoms with Crippen molar-refractivity contribution in [1.29, 1.82) is 0 Å². The fourth-order valence-corrected chi connectivity index (χ4v) is 2.36. The van der Waals surface area contributed by atoms with Crippen LogP contribution in [-0.4, -0.2) is 42.8 Å². The highest BCUT2D eigenvalue weighted by Crippen LogP contribution is 2.28. The Morgan fingerprint density at radius 1 is 1.03 bits per heavy atom. The normalized spacial score (nSPS) is 11.0. The first-order valence-electron chi connectivity index (χ1n) is 9.24. The Morgan fingerprint density at radius 2 is 1.68 bits per heavy atom. The Labute approximate surface area is 175 Å². The number of rotatable bonds is 10. The third-order valence-corrected chi connectivity index (χ3v) is 3.80. The van der Waals surface area contributed by atoms with Crippen molar-refractivity contribution < 1.29 is 37.0 Å². The van der Waals surface area contributed by atoms with Crippen molar-refractivity contribution in [2.24, 2.45) is 0 Å². The Balaban J connectivity index is 1.70. The SMILES string of the molecule is CCOc1ccc(OCCNC(=O)COC(=O)Cn2cc(C(F)(F)F)ccc2=O)cc1. The zero-order valence-electron chi connectivity index (χ0n) is 16.6. The van der Waals surface area contributed by atoms with Crippen LogP contribution in [0.15, 0.2) is 47.4 Å². The molecular formula is C20H21F3N2O6. The van der Waals surface area contributed by atoms with E-state index in [9.17, 15) is 27.6 Å². The van der Waals surface area contributed by atoms with E-state index >= 15 is 0 Å². The van der Waals surface area contributed by atoms with Crippen LogP contribution < -0.4 is 20.3 Å². The van der Waals surface area contributed by atoms with Gasteiger partial charge >= 0.3 is 12.1 Å². The van der Waals surface area contributed by atoms with Crippen LogP contribution in [0.3, 0.4) is 0 Å². The maximum atomic E-state index is 12.7. The molecule has 1 amide bonds. The predicted octanol–water partition coefficient (Wildman–Crippen LogP) is 2.00. The first-order chi connectivity index (χ1) is 14.7. The molecule has 0 spiro atoms. The van der Waals surface area contributed by atoms with Gasteiger partial charge in [-0.3, -0.25) is 14.4 Å². The number of alkyl halides is 3. The molecule has 0 atom stereocenters. The van der Waals surface area contributed by atoms with E-state index < -0.39 is 42.3 Å². The second-order valence-corrected chi connectivity index (χ2v) is 6.15. The number of carbonyl (C=O) groups is 2. The summed E-state index contributed by atoms with van der Waals surface area (Å²) in [4.78, 5) is 35.0. The monoisotopic (exact) mass is 442 g/mol. The standard InChI is InChI=1S/C20H21F3N2O6/c1-2-29-15-4-6-16(7-5-15)30-10-9-24-17(26)13-31-19(28)12-25-11-14(20(21,22)23)3-8-18(25)27/h3-8,11H,2,9-10,12-13H2,1H3,(H,24,26). The molecule has 0 aliphatic carbocycles. The van der Waals surface area contributed by atoms with Gasteiger partial charge < -0.3 is 24.1 Å². The minimum absolute atomic E-state index is 0.136. The van der Waals surface area contributed by atoms with Crippen molar-refractivity contribution in [3.05, 3.63) is 58.5 Å². The first kappa shape index (κ1) is 23.8. The Morgan fingerprint density at radius 3 is 2.29 bits per heavy atom. The lowest BCUT2D eigenvalue weighted by atomic mass is 10.3. The molecule has 0 radical (unpaired) electrons. The highest BCUT2D eigenvalue weighted by Gasteiger charge is 2.31. The summed E-state index contributed by atoms with van der Waals surface area (Å²) in [5, 5.41) is 2.46. The molecule has 0 unspecified atom stereocenters. The second-order valence-electron chi connectivity index (χ2n) is 6.15.